The number of nitrogens with zero attached hydrogens (tertiary/aromatic N) is 2. The minimum absolute atomic E-state index is 0.210. The monoisotopic (exact) mass is 287 g/mol. The minimum Gasteiger partial charge on any atom is -0.389 e. The summed E-state index contributed by atoms with van der Waals surface area (Å²) < 4.78 is 13.2. The van der Waals surface area contributed by atoms with Crippen LogP contribution < -0.4 is 5.73 Å². The van der Waals surface area contributed by atoms with Crippen LogP contribution in [0.3, 0.4) is 0 Å². The van der Waals surface area contributed by atoms with E-state index in [1.54, 1.807) is 12.1 Å². The number of anilines is 1. The normalized spacial score (nSPS) is 14.8. The van der Waals surface area contributed by atoms with E-state index >= 15 is 0 Å². The van der Waals surface area contributed by atoms with Crippen molar-refractivity contribution < 1.29 is 4.39 Å². The van der Waals surface area contributed by atoms with Gasteiger partial charge in [0, 0.05) is 30.1 Å². The highest BCUT2D eigenvalue weighted by atomic mass is 32.1. The first-order valence-corrected chi connectivity index (χ1v) is 7.26. The number of rotatable bonds is 2. The zero-order valence-electron chi connectivity index (χ0n) is 10.9. The second kappa shape index (κ2) is 5.23. The molecular weight excluding hydrogens is 273 g/mol. The molecule has 2 N–H and O–H groups in total. The summed E-state index contributed by atoms with van der Waals surface area (Å²) in [6, 6.07) is 8.85. The maximum atomic E-state index is 13.2. The SMILES string of the molecule is N#Cc1c(N)sc2c1CN(Cc1cccc(F)c1)CC2. The summed E-state index contributed by atoms with van der Waals surface area (Å²) in [6.45, 7) is 2.31. The number of nitrogens with two attached hydrogens (primary N) is 1. The van der Waals surface area contributed by atoms with Gasteiger partial charge in [0.25, 0.3) is 0 Å². The molecule has 20 heavy (non-hydrogen) atoms. The van der Waals surface area contributed by atoms with Crippen LogP contribution in [0.15, 0.2) is 24.3 Å². The number of halogens is 1. The quantitative estimate of drug-likeness (QED) is 0.924. The van der Waals surface area contributed by atoms with Crippen molar-refractivity contribution in [3.05, 3.63) is 51.7 Å². The highest BCUT2D eigenvalue weighted by Gasteiger charge is 2.23. The van der Waals surface area contributed by atoms with Crippen LogP contribution in [-0.2, 0) is 19.5 Å². The van der Waals surface area contributed by atoms with Gasteiger partial charge in [-0.2, -0.15) is 5.26 Å². The van der Waals surface area contributed by atoms with E-state index in [1.807, 2.05) is 6.07 Å². The molecule has 1 aromatic carbocycles. The Balaban J connectivity index is 1.80. The van der Waals surface area contributed by atoms with Crippen molar-refractivity contribution in [2.24, 2.45) is 0 Å². The van der Waals surface area contributed by atoms with Crippen molar-refractivity contribution in [3.8, 4) is 6.07 Å². The third-order valence-corrected chi connectivity index (χ3v) is 4.68. The van der Waals surface area contributed by atoms with Crippen molar-refractivity contribution in [2.75, 3.05) is 12.3 Å². The fourth-order valence-electron chi connectivity index (χ4n) is 2.62. The van der Waals surface area contributed by atoms with Gasteiger partial charge in [-0.3, -0.25) is 4.90 Å². The predicted molar refractivity (Wildman–Crippen MR) is 77.7 cm³/mol. The Kier molecular flexibility index (Phi) is 3.43. The van der Waals surface area contributed by atoms with Crippen molar-refractivity contribution in [1.29, 1.82) is 5.26 Å². The third kappa shape index (κ3) is 2.40. The van der Waals surface area contributed by atoms with Crippen LogP contribution in [0, 0.1) is 17.1 Å². The minimum atomic E-state index is -0.210. The summed E-state index contributed by atoms with van der Waals surface area (Å²) in [5, 5.41) is 9.80. The van der Waals surface area contributed by atoms with E-state index in [0.29, 0.717) is 23.7 Å². The Morgan fingerprint density at radius 3 is 3.05 bits per heavy atom. The Morgan fingerprint density at radius 2 is 2.30 bits per heavy atom. The van der Waals surface area contributed by atoms with E-state index in [0.717, 1.165) is 24.1 Å². The molecule has 0 unspecified atom stereocenters. The molecule has 2 aromatic rings. The van der Waals surface area contributed by atoms with Gasteiger partial charge in [-0.25, -0.2) is 4.39 Å². The van der Waals surface area contributed by atoms with E-state index in [4.69, 9.17) is 5.73 Å². The average Bonchev–Trinajstić information content (AvgIpc) is 2.73. The van der Waals surface area contributed by atoms with E-state index in [-0.39, 0.29) is 5.82 Å². The summed E-state index contributed by atoms with van der Waals surface area (Å²) in [7, 11) is 0. The zero-order chi connectivity index (χ0) is 14.1. The molecule has 0 saturated heterocycles. The summed E-state index contributed by atoms with van der Waals surface area (Å²) >= 11 is 1.52. The molecule has 1 aliphatic heterocycles. The molecular formula is C15H14FN3S. The molecule has 0 fully saturated rings. The number of hydrogen-bond acceptors (Lipinski definition) is 4. The van der Waals surface area contributed by atoms with Gasteiger partial charge in [-0.15, -0.1) is 11.3 Å². The molecule has 2 heterocycles. The second-order valence-corrected chi connectivity index (χ2v) is 6.08. The molecule has 0 radical (unpaired) electrons. The van der Waals surface area contributed by atoms with E-state index in [1.165, 1.54) is 22.3 Å². The molecule has 1 aliphatic rings. The number of hydrogen-bond donors (Lipinski definition) is 1. The van der Waals surface area contributed by atoms with Gasteiger partial charge < -0.3 is 5.73 Å². The Morgan fingerprint density at radius 1 is 1.45 bits per heavy atom. The van der Waals surface area contributed by atoms with E-state index in [2.05, 4.69) is 11.0 Å². The van der Waals surface area contributed by atoms with Gasteiger partial charge in [0.2, 0.25) is 0 Å². The van der Waals surface area contributed by atoms with Gasteiger partial charge in [-0.1, -0.05) is 12.1 Å². The highest BCUT2D eigenvalue weighted by Crippen LogP contribution is 2.34. The maximum Gasteiger partial charge on any atom is 0.123 e. The van der Waals surface area contributed by atoms with Gasteiger partial charge in [0.1, 0.15) is 16.9 Å². The molecule has 102 valence electrons. The molecule has 0 saturated carbocycles. The Bertz CT molecular complexity index is 687. The molecule has 1 aromatic heterocycles. The van der Waals surface area contributed by atoms with Crippen LogP contribution in [0.25, 0.3) is 0 Å². The lowest BCUT2D eigenvalue weighted by atomic mass is 10.0. The first-order chi connectivity index (χ1) is 9.67. The molecule has 5 heteroatoms. The van der Waals surface area contributed by atoms with Gasteiger partial charge in [0.05, 0.1) is 5.56 Å². The van der Waals surface area contributed by atoms with Crippen LogP contribution in [0.4, 0.5) is 9.39 Å². The van der Waals surface area contributed by atoms with Gasteiger partial charge >= 0.3 is 0 Å². The predicted octanol–water partition coefficient (Wildman–Crippen LogP) is 2.90. The lowest BCUT2D eigenvalue weighted by Crippen LogP contribution is -2.29. The van der Waals surface area contributed by atoms with Crippen LogP contribution >= 0.6 is 11.3 Å². The first kappa shape index (κ1) is 13.1. The van der Waals surface area contributed by atoms with E-state index < -0.39 is 0 Å². The molecule has 0 spiro atoms. The summed E-state index contributed by atoms with van der Waals surface area (Å²) in [4.78, 5) is 3.44. The zero-order valence-corrected chi connectivity index (χ0v) is 11.7. The van der Waals surface area contributed by atoms with Crippen molar-refractivity contribution in [1.82, 2.24) is 4.90 Å². The van der Waals surface area contributed by atoms with Crippen molar-refractivity contribution >= 4 is 16.3 Å². The number of nitriles is 1. The van der Waals surface area contributed by atoms with Crippen LogP contribution in [0.2, 0.25) is 0 Å². The average molecular weight is 287 g/mol. The fourth-order valence-corrected chi connectivity index (χ4v) is 3.64. The lowest BCUT2D eigenvalue weighted by Gasteiger charge is -2.27. The number of fused-ring (bicyclic) bond motifs is 1. The molecule has 0 bridgehead atoms. The lowest BCUT2D eigenvalue weighted by molar-refractivity contribution is 0.247. The summed E-state index contributed by atoms with van der Waals surface area (Å²) in [6.07, 6.45) is 0.904. The smallest absolute Gasteiger partial charge is 0.123 e. The third-order valence-electron chi connectivity index (χ3n) is 3.56. The van der Waals surface area contributed by atoms with Crippen molar-refractivity contribution in [3.63, 3.8) is 0 Å². The number of benzene rings is 1. The topological polar surface area (TPSA) is 53.1 Å². The Labute approximate surface area is 121 Å². The van der Waals surface area contributed by atoms with Gasteiger partial charge in [-0.05, 0) is 24.1 Å². The first-order valence-electron chi connectivity index (χ1n) is 6.44. The number of thiophene rings is 1. The summed E-state index contributed by atoms with van der Waals surface area (Å²) in [5.74, 6) is -0.210. The highest BCUT2D eigenvalue weighted by molar-refractivity contribution is 7.16. The molecule has 0 atom stereocenters. The molecule has 3 rings (SSSR count). The summed E-state index contributed by atoms with van der Waals surface area (Å²) in [5.41, 5.74) is 8.50. The Hall–Kier alpha value is -1.90. The largest absolute Gasteiger partial charge is 0.389 e. The van der Waals surface area contributed by atoms with Crippen molar-refractivity contribution in [2.45, 2.75) is 19.5 Å². The molecule has 0 amide bonds. The number of nitrogen functional groups attached to an aromatic ring is 1. The van der Waals surface area contributed by atoms with Crippen LogP contribution in [0.1, 0.15) is 21.6 Å². The second-order valence-electron chi connectivity index (χ2n) is 4.95. The standard InChI is InChI=1S/C15H14FN3S/c16-11-3-1-2-10(6-11)8-19-5-4-14-13(9-19)12(7-17)15(18)20-14/h1-3,6H,4-5,8-9,18H2. The molecule has 0 aliphatic carbocycles. The maximum absolute atomic E-state index is 13.2. The van der Waals surface area contributed by atoms with Gasteiger partial charge in [0.15, 0.2) is 0 Å². The van der Waals surface area contributed by atoms with Crippen LogP contribution in [-0.4, -0.2) is 11.4 Å². The molecule has 3 nitrogen and oxygen atoms in total. The fraction of sp³-hybridized carbons (Fsp3) is 0.267. The van der Waals surface area contributed by atoms with E-state index in [9.17, 15) is 9.65 Å². The van der Waals surface area contributed by atoms with Crippen LogP contribution in [0.5, 0.6) is 0 Å².